The molecule has 0 unspecified atom stereocenters. The average Bonchev–Trinajstić information content (AvgIpc) is 2.61. The van der Waals surface area contributed by atoms with Crippen molar-refractivity contribution in [2.75, 3.05) is 19.5 Å². The van der Waals surface area contributed by atoms with E-state index in [0.29, 0.717) is 17.8 Å². The van der Waals surface area contributed by atoms with E-state index in [1.165, 1.54) is 18.1 Å². The van der Waals surface area contributed by atoms with Gasteiger partial charge in [0.15, 0.2) is 0 Å². The number of carbonyl (C=O) groups excluding carboxylic acids is 3. The third-order valence-corrected chi connectivity index (χ3v) is 3.57. The largest absolute Gasteiger partial charge is 0.465 e. The minimum atomic E-state index is -0.491. The van der Waals surface area contributed by atoms with Gasteiger partial charge in [0.1, 0.15) is 6.42 Å². The van der Waals surface area contributed by atoms with Crippen molar-refractivity contribution in [1.29, 1.82) is 0 Å². The van der Waals surface area contributed by atoms with E-state index in [1.54, 1.807) is 25.2 Å². The van der Waals surface area contributed by atoms with Gasteiger partial charge in [-0.3, -0.25) is 9.59 Å². The zero-order valence-electron chi connectivity index (χ0n) is 14.2. The Morgan fingerprint density at radius 3 is 2.44 bits per heavy atom. The zero-order valence-corrected chi connectivity index (χ0v) is 14.2. The van der Waals surface area contributed by atoms with Crippen LogP contribution in [0.25, 0.3) is 0 Å². The van der Waals surface area contributed by atoms with Gasteiger partial charge in [-0.1, -0.05) is 36.4 Å². The molecule has 0 aliphatic heterocycles. The highest BCUT2D eigenvalue weighted by Crippen LogP contribution is 2.12. The van der Waals surface area contributed by atoms with Gasteiger partial charge < -0.3 is 15.0 Å². The third kappa shape index (κ3) is 5.46. The number of carbonyl (C=O) groups is 3. The van der Waals surface area contributed by atoms with E-state index >= 15 is 0 Å². The molecule has 0 aromatic heterocycles. The molecule has 2 aromatic rings. The smallest absolute Gasteiger partial charge is 0.337 e. The Balaban J connectivity index is 1.91. The van der Waals surface area contributed by atoms with Gasteiger partial charge in [-0.05, 0) is 23.8 Å². The molecular weight excluding hydrogens is 320 g/mol. The molecule has 2 rings (SSSR count). The summed E-state index contributed by atoms with van der Waals surface area (Å²) < 4.78 is 4.64. The van der Waals surface area contributed by atoms with Crippen molar-refractivity contribution in [2.24, 2.45) is 0 Å². The molecule has 0 aliphatic rings. The molecule has 0 radical (unpaired) electrons. The topological polar surface area (TPSA) is 75.7 Å². The molecule has 0 spiro atoms. The van der Waals surface area contributed by atoms with Crippen LogP contribution in [0.3, 0.4) is 0 Å². The van der Waals surface area contributed by atoms with Gasteiger partial charge in [0.25, 0.3) is 0 Å². The molecule has 2 amide bonds. The second-order valence-electron chi connectivity index (χ2n) is 5.53. The fourth-order valence-corrected chi connectivity index (χ4v) is 2.26. The number of nitrogens with one attached hydrogen (secondary N) is 1. The lowest BCUT2D eigenvalue weighted by Gasteiger charge is -2.17. The maximum Gasteiger partial charge on any atom is 0.337 e. The minimum absolute atomic E-state index is 0.272. The Morgan fingerprint density at radius 1 is 1.04 bits per heavy atom. The average molecular weight is 340 g/mol. The van der Waals surface area contributed by atoms with Gasteiger partial charge in [0.05, 0.1) is 12.7 Å². The summed E-state index contributed by atoms with van der Waals surface area (Å²) in [7, 11) is 2.94. The molecular formula is C19H20N2O4. The SMILES string of the molecule is COC(=O)c1cccc(NC(=O)CC(=O)N(C)Cc2ccccc2)c1. The Hall–Kier alpha value is -3.15. The molecule has 0 saturated carbocycles. The maximum atomic E-state index is 12.2. The molecule has 25 heavy (non-hydrogen) atoms. The number of esters is 1. The standard InChI is InChI=1S/C19H20N2O4/c1-21(13-14-7-4-3-5-8-14)18(23)12-17(22)20-16-10-6-9-15(11-16)19(24)25-2/h3-11H,12-13H2,1-2H3,(H,20,22). The van der Waals surface area contributed by atoms with E-state index in [-0.39, 0.29) is 12.3 Å². The first-order valence-corrected chi connectivity index (χ1v) is 7.75. The summed E-state index contributed by atoms with van der Waals surface area (Å²) in [6, 6.07) is 15.9. The first kappa shape index (κ1) is 18.2. The molecule has 0 fully saturated rings. The van der Waals surface area contributed by atoms with E-state index in [9.17, 15) is 14.4 Å². The predicted octanol–water partition coefficient (Wildman–Crippen LogP) is 2.46. The quantitative estimate of drug-likeness (QED) is 0.647. The monoisotopic (exact) mass is 340 g/mol. The van der Waals surface area contributed by atoms with Crippen molar-refractivity contribution in [2.45, 2.75) is 13.0 Å². The van der Waals surface area contributed by atoms with E-state index in [0.717, 1.165) is 5.56 Å². The summed E-state index contributed by atoms with van der Waals surface area (Å²) in [5.41, 5.74) is 1.75. The number of amides is 2. The number of hydrogen-bond acceptors (Lipinski definition) is 4. The highest BCUT2D eigenvalue weighted by atomic mass is 16.5. The fourth-order valence-electron chi connectivity index (χ4n) is 2.26. The zero-order chi connectivity index (χ0) is 18.2. The molecule has 130 valence electrons. The Kier molecular flexibility index (Phi) is 6.28. The number of anilines is 1. The fraction of sp³-hybridized carbons (Fsp3) is 0.211. The van der Waals surface area contributed by atoms with E-state index in [2.05, 4.69) is 10.1 Å². The second-order valence-corrected chi connectivity index (χ2v) is 5.53. The first-order chi connectivity index (χ1) is 12.0. The molecule has 1 N–H and O–H groups in total. The number of nitrogens with zero attached hydrogens (tertiary/aromatic N) is 1. The van der Waals surface area contributed by atoms with Crippen LogP contribution in [0, 0.1) is 0 Å². The Labute approximate surface area is 146 Å². The predicted molar refractivity (Wildman–Crippen MR) is 93.9 cm³/mol. The molecule has 0 atom stereocenters. The van der Waals surface area contributed by atoms with E-state index in [1.807, 2.05) is 30.3 Å². The van der Waals surface area contributed by atoms with Gasteiger partial charge in [-0.15, -0.1) is 0 Å². The normalized spacial score (nSPS) is 10.0. The van der Waals surface area contributed by atoms with Crippen molar-refractivity contribution in [3.8, 4) is 0 Å². The Bertz CT molecular complexity index is 759. The van der Waals surface area contributed by atoms with Gasteiger partial charge in [-0.25, -0.2) is 4.79 Å². The molecule has 0 aliphatic carbocycles. The summed E-state index contributed by atoms with van der Waals surface area (Å²) >= 11 is 0. The summed E-state index contributed by atoms with van der Waals surface area (Å²) in [5, 5.41) is 2.62. The van der Waals surface area contributed by atoms with Crippen LogP contribution in [0.2, 0.25) is 0 Å². The lowest BCUT2D eigenvalue weighted by atomic mass is 10.2. The van der Waals surface area contributed by atoms with Crippen molar-refractivity contribution in [3.63, 3.8) is 0 Å². The van der Waals surface area contributed by atoms with Crippen LogP contribution in [0.4, 0.5) is 5.69 Å². The van der Waals surface area contributed by atoms with Gasteiger partial charge in [0, 0.05) is 19.3 Å². The van der Waals surface area contributed by atoms with Crippen molar-refractivity contribution >= 4 is 23.5 Å². The number of benzene rings is 2. The van der Waals surface area contributed by atoms with Crippen LogP contribution in [-0.2, 0) is 20.9 Å². The van der Waals surface area contributed by atoms with Crippen molar-refractivity contribution in [3.05, 3.63) is 65.7 Å². The van der Waals surface area contributed by atoms with Crippen LogP contribution in [0.1, 0.15) is 22.3 Å². The number of rotatable bonds is 6. The van der Waals surface area contributed by atoms with Gasteiger partial charge >= 0.3 is 5.97 Å². The Morgan fingerprint density at radius 2 is 1.76 bits per heavy atom. The minimum Gasteiger partial charge on any atom is -0.465 e. The third-order valence-electron chi connectivity index (χ3n) is 3.57. The van der Waals surface area contributed by atoms with Crippen LogP contribution in [-0.4, -0.2) is 36.8 Å². The van der Waals surface area contributed by atoms with Crippen LogP contribution in [0.5, 0.6) is 0 Å². The van der Waals surface area contributed by atoms with Gasteiger partial charge in [-0.2, -0.15) is 0 Å². The van der Waals surface area contributed by atoms with Crippen LogP contribution < -0.4 is 5.32 Å². The summed E-state index contributed by atoms with van der Waals surface area (Å²) in [5.74, 6) is -1.22. The number of ether oxygens (including phenoxy) is 1. The highest BCUT2D eigenvalue weighted by Gasteiger charge is 2.15. The van der Waals surface area contributed by atoms with Gasteiger partial charge in [0.2, 0.25) is 11.8 Å². The van der Waals surface area contributed by atoms with Crippen molar-refractivity contribution < 1.29 is 19.1 Å². The highest BCUT2D eigenvalue weighted by molar-refractivity contribution is 6.04. The lowest BCUT2D eigenvalue weighted by Crippen LogP contribution is -2.30. The molecule has 6 heteroatoms. The molecule has 6 nitrogen and oxygen atoms in total. The van der Waals surface area contributed by atoms with E-state index < -0.39 is 11.9 Å². The first-order valence-electron chi connectivity index (χ1n) is 7.75. The van der Waals surface area contributed by atoms with Crippen molar-refractivity contribution in [1.82, 2.24) is 4.90 Å². The van der Waals surface area contributed by atoms with Crippen LogP contribution >= 0.6 is 0 Å². The second kappa shape index (κ2) is 8.63. The molecule has 0 heterocycles. The molecule has 0 saturated heterocycles. The summed E-state index contributed by atoms with van der Waals surface area (Å²) in [4.78, 5) is 37.2. The van der Waals surface area contributed by atoms with Crippen LogP contribution in [0.15, 0.2) is 54.6 Å². The lowest BCUT2D eigenvalue weighted by molar-refractivity contribution is -0.134. The van der Waals surface area contributed by atoms with E-state index in [4.69, 9.17) is 0 Å². The maximum absolute atomic E-state index is 12.2. The number of methoxy groups -OCH3 is 1. The molecule has 0 bridgehead atoms. The molecule has 2 aromatic carbocycles. The number of hydrogen-bond donors (Lipinski definition) is 1. The summed E-state index contributed by atoms with van der Waals surface area (Å²) in [6.45, 7) is 0.435. The summed E-state index contributed by atoms with van der Waals surface area (Å²) in [6.07, 6.45) is -0.272.